The van der Waals surface area contributed by atoms with E-state index in [0.29, 0.717) is 6.54 Å². The molecule has 1 fully saturated rings. The summed E-state index contributed by atoms with van der Waals surface area (Å²) in [6.45, 7) is 0.380. The Morgan fingerprint density at radius 2 is 2.25 bits per heavy atom. The molecule has 4 nitrogen and oxygen atoms in total. The lowest BCUT2D eigenvalue weighted by Crippen LogP contribution is -2.28. The summed E-state index contributed by atoms with van der Waals surface area (Å²) in [6.07, 6.45) is 0.210. The number of benzene rings is 1. The Hall–Kier alpha value is -1.36. The first kappa shape index (κ1) is 11.1. The van der Waals surface area contributed by atoms with E-state index in [-0.39, 0.29) is 18.2 Å². The lowest BCUT2D eigenvalue weighted by Gasteiger charge is -2.16. The molecule has 1 aliphatic heterocycles. The van der Waals surface area contributed by atoms with Crippen LogP contribution in [0.15, 0.2) is 28.7 Å². The smallest absolute Gasteiger partial charge is 0.227 e. The van der Waals surface area contributed by atoms with Gasteiger partial charge in [0.15, 0.2) is 0 Å². The molecule has 1 aliphatic rings. The van der Waals surface area contributed by atoms with E-state index in [1.165, 1.54) is 0 Å². The third-order valence-corrected chi connectivity index (χ3v) is 3.14. The van der Waals surface area contributed by atoms with Gasteiger partial charge in [-0.1, -0.05) is 22.0 Å². The van der Waals surface area contributed by atoms with Crippen LogP contribution in [-0.2, 0) is 9.59 Å². The highest BCUT2D eigenvalue weighted by Crippen LogP contribution is 2.26. The number of carbonyl (C=O) groups is 2. The molecule has 5 heteroatoms. The van der Waals surface area contributed by atoms with Gasteiger partial charge >= 0.3 is 0 Å². The Morgan fingerprint density at radius 1 is 1.50 bits per heavy atom. The highest BCUT2D eigenvalue weighted by atomic mass is 79.9. The molecule has 0 spiro atoms. The van der Waals surface area contributed by atoms with E-state index >= 15 is 0 Å². The van der Waals surface area contributed by atoms with E-state index < -0.39 is 5.91 Å². The molecule has 0 saturated carbocycles. The number of carbonyl (C=O) groups excluding carboxylic acids is 2. The third kappa shape index (κ3) is 2.09. The van der Waals surface area contributed by atoms with Crippen molar-refractivity contribution in [1.82, 2.24) is 0 Å². The van der Waals surface area contributed by atoms with Crippen molar-refractivity contribution < 1.29 is 9.59 Å². The molecule has 0 aliphatic carbocycles. The fraction of sp³-hybridized carbons (Fsp3) is 0.273. The number of rotatable bonds is 2. The van der Waals surface area contributed by atoms with E-state index in [1.807, 2.05) is 24.3 Å². The van der Waals surface area contributed by atoms with Gasteiger partial charge in [-0.2, -0.15) is 0 Å². The molecule has 16 heavy (non-hydrogen) atoms. The van der Waals surface area contributed by atoms with Crippen molar-refractivity contribution in [3.8, 4) is 0 Å². The molecular formula is C11H11BrN2O2. The van der Waals surface area contributed by atoms with Crippen LogP contribution in [0.25, 0.3) is 0 Å². The lowest BCUT2D eigenvalue weighted by molar-refractivity contribution is -0.123. The molecular weight excluding hydrogens is 272 g/mol. The average Bonchev–Trinajstić information content (AvgIpc) is 2.60. The first-order valence-corrected chi connectivity index (χ1v) is 5.72. The van der Waals surface area contributed by atoms with Gasteiger partial charge in [0.1, 0.15) is 0 Å². The van der Waals surface area contributed by atoms with Crippen LogP contribution in [0, 0.1) is 5.92 Å². The minimum atomic E-state index is -0.411. The van der Waals surface area contributed by atoms with Crippen LogP contribution in [0.4, 0.5) is 5.69 Å². The molecule has 0 aromatic heterocycles. The maximum Gasteiger partial charge on any atom is 0.227 e. The van der Waals surface area contributed by atoms with Crippen molar-refractivity contribution in [2.75, 3.05) is 11.4 Å². The lowest BCUT2D eigenvalue weighted by atomic mass is 10.1. The monoisotopic (exact) mass is 282 g/mol. The van der Waals surface area contributed by atoms with Gasteiger partial charge in [0.05, 0.1) is 5.92 Å². The van der Waals surface area contributed by atoms with Crippen LogP contribution in [0.1, 0.15) is 6.42 Å². The number of anilines is 1. The predicted octanol–water partition coefficient (Wildman–Crippen LogP) is 1.29. The van der Waals surface area contributed by atoms with Gasteiger partial charge in [0.25, 0.3) is 0 Å². The average molecular weight is 283 g/mol. The van der Waals surface area contributed by atoms with Gasteiger partial charge in [-0.3, -0.25) is 9.59 Å². The van der Waals surface area contributed by atoms with Gasteiger partial charge in [-0.25, -0.2) is 0 Å². The highest BCUT2D eigenvalue weighted by molar-refractivity contribution is 9.10. The van der Waals surface area contributed by atoms with Crippen LogP contribution < -0.4 is 10.6 Å². The van der Waals surface area contributed by atoms with E-state index in [1.54, 1.807) is 4.90 Å². The molecule has 84 valence electrons. The molecule has 1 atom stereocenters. The van der Waals surface area contributed by atoms with Crippen molar-refractivity contribution in [1.29, 1.82) is 0 Å². The zero-order valence-corrected chi connectivity index (χ0v) is 10.1. The minimum Gasteiger partial charge on any atom is -0.369 e. The van der Waals surface area contributed by atoms with Gasteiger partial charge < -0.3 is 10.6 Å². The summed E-state index contributed by atoms with van der Waals surface area (Å²) in [7, 11) is 0. The Balaban J connectivity index is 2.23. The molecule has 1 aromatic rings. The molecule has 2 amide bonds. The summed E-state index contributed by atoms with van der Waals surface area (Å²) >= 11 is 3.34. The number of nitrogens with zero attached hydrogens (tertiary/aromatic N) is 1. The van der Waals surface area contributed by atoms with Crippen LogP contribution in [0.5, 0.6) is 0 Å². The SMILES string of the molecule is NC(=O)[C@@H]1CC(=O)N(c2cccc(Br)c2)C1. The first-order valence-electron chi connectivity index (χ1n) is 4.93. The summed E-state index contributed by atoms with van der Waals surface area (Å²) in [6, 6.07) is 7.42. The summed E-state index contributed by atoms with van der Waals surface area (Å²) in [5.74, 6) is -0.834. The number of hydrogen-bond acceptors (Lipinski definition) is 2. The van der Waals surface area contributed by atoms with Crippen molar-refractivity contribution in [3.63, 3.8) is 0 Å². The molecule has 0 unspecified atom stereocenters. The molecule has 1 aromatic carbocycles. The topological polar surface area (TPSA) is 63.4 Å². The Bertz CT molecular complexity index is 447. The van der Waals surface area contributed by atoms with Gasteiger partial charge in [0.2, 0.25) is 11.8 Å². The number of hydrogen-bond donors (Lipinski definition) is 1. The summed E-state index contributed by atoms with van der Waals surface area (Å²) < 4.78 is 0.903. The molecule has 0 bridgehead atoms. The Kier molecular flexibility index (Phi) is 2.96. The second-order valence-corrected chi connectivity index (χ2v) is 4.70. The Morgan fingerprint density at radius 3 is 2.81 bits per heavy atom. The van der Waals surface area contributed by atoms with Crippen molar-refractivity contribution in [3.05, 3.63) is 28.7 Å². The molecule has 1 saturated heterocycles. The van der Waals surface area contributed by atoms with E-state index in [0.717, 1.165) is 10.2 Å². The van der Waals surface area contributed by atoms with E-state index in [2.05, 4.69) is 15.9 Å². The number of halogens is 1. The quantitative estimate of drug-likeness (QED) is 0.888. The standard InChI is InChI=1S/C11H11BrN2O2/c12-8-2-1-3-9(5-8)14-6-7(11(13)16)4-10(14)15/h1-3,5,7H,4,6H2,(H2,13,16)/t7-/m1/s1. The van der Waals surface area contributed by atoms with Gasteiger partial charge in [0, 0.05) is 23.1 Å². The summed E-state index contributed by atoms with van der Waals surface area (Å²) in [5, 5.41) is 0. The number of primary amides is 1. The molecule has 2 N–H and O–H groups in total. The van der Waals surface area contributed by atoms with Gasteiger partial charge in [-0.05, 0) is 18.2 Å². The fourth-order valence-electron chi connectivity index (χ4n) is 1.79. The number of amides is 2. The second-order valence-electron chi connectivity index (χ2n) is 3.79. The van der Waals surface area contributed by atoms with Crippen LogP contribution in [0.3, 0.4) is 0 Å². The molecule has 1 heterocycles. The van der Waals surface area contributed by atoms with E-state index in [4.69, 9.17) is 5.73 Å². The van der Waals surface area contributed by atoms with E-state index in [9.17, 15) is 9.59 Å². The molecule has 2 rings (SSSR count). The maximum atomic E-state index is 11.7. The first-order chi connectivity index (χ1) is 7.58. The minimum absolute atomic E-state index is 0.0538. The zero-order valence-electron chi connectivity index (χ0n) is 8.52. The van der Waals surface area contributed by atoms with Crippen molar-refractivity contribution in [2.45, 2.75) is 6.42 Å². The highest BCUT2D eigenvalue weighted by Gasteiger charge is 2.33. The third-order valence-electron chi connectivity index (χ3n) is 2.65. The van der Waals surface area contributed by atoms with Gasteiger partial charge in [-0.15, -0.1) is 0 Å². The Labute approximate surface area is 102 Å². The molecule has 0 radical (unpaired) electrons. The van der Waals surface area contributed by atoms with Crippen LogP contribution in [-0.4, -0.2) is 18.4 Å². The summed E-state index contributed by atoms with van der Waals surface area (Å²) in [5.41, 5.74) is 6.00. The van der Waals surface area contributed by atoms with Crippen molar-refractivity contribution in [2.24, 2.45) is 11.7 Å². The van der Waals surface area contributed by atoms with Crippen LogP contribution in [0.2, 0.25) is 0 Å². The zero-order chi connectivity index (χ0) is 11.7. The van der Waals surface area contributed by atoms with Crippen molar-refractivity contribution >= 4 is 33.4 Å². The fourth-order valence-corrected chi connectivity index (χ4v) is 2.18. The second kappa shape index (κ2) is 4.25. The maximum absolute atomic E-state index is 11.7. The predicted molar refractivity (Wildman–Crippen MR) is 63.8 cm³/mol. The normalized spacial score (nSPS) is 20.2. The summed E-state index contributed by atoms with van der Waals surface area (Å²) in [4.78, 5) is 24.3. The largest absolute Gasteiger partial charge is 0.369 e. The number of nitrogens with two attached hydrogens (primary N) is 1. The van der Waals surface area contributed by atoms with Crippen LogP contribution >= 0.6 is 15.9 Å².